The summed E-state index contributed by atoms with van der Waals surface area (Å²) in [5.74, 6) is 1.09. The molecule has 0 bridgehead atoms. The van der Waals surface area contributed by atoms with E-state index in [9.17, 15) is 4.79 Å². The SMILES string of the molecule is O=c1cc(-c2cnn(-c3ccccc3)c2-c2cc3ccccc3o2)oc2ccccc12. The summed E-state index contributed by atoms with van der Waals surface area (Å²) in [5.41, 5.74) is 3.51. The minimum Gasteiger partial charge on any atom is -0.456 e. The molecule has 3 heterocycles. The van der Waals surface area contributed by atoms with Gasteiger partial charge in [0.1, 0.15) is 22.6 Å². The van der Waals surface area contributed by atoms with Crippen LogP contribution in [0.1, 0.15) is 0 Å². The minimum absolute atomic E-state index is 0.0973. The molecule has 6 aromatic rings. The van der Waals surface area contributed by atoms with E-state index >= 15 is 0 Å². The van der Waals surface area contributed by atoms with Gasteiger partial charge in [-0.25, -0.2) is 4.68 Å². The highest BCUT2D eigenvalue weighted by molar-refractivity contribution is 5.87. The molecular formula is C26H16N2O3. The first kappa shape index (κ1) is 17.5. The molecule has 0 spiro atoms. The summed E-state index contributed by atoms with van der Waals surface area (Å²) >= 11 is 0. The van der Waals surface area contributed by atoms with Gasteiger partial charge < -0.3 is 8.83 Å². The van der Waals surface area contributed by atoms with Gasteiger partial charge in [0.2, 0.25) is 0 Å². The van der Waals surface area contributed by atoms with Crippen LogP contribution in [0.2, 0.25) is 0 Å². The molecule has 0 fully saturated rings. The molecule has 6 rings (SSSR count). The van der Waals surface area contributed by atoms with E-state index in [1.807, 2.05) is 77.5 Å². The maximum absolute atomic E-state index is 12.7. The molecule has 0 radical (unpaired) electrons. The zero-order valence-electron chi connectivity index (χ0n) is 16.4. The lowest BCUT2D eigenvalue weighted by atomic mass is 10.1. The molecular weight excluding hydrogens is 388 g/mol. The highest BCUT2D eigenvalue weighted by atomic mass is 16.3. The molecule has 148 valence electrons. The summed E-state index contributed by atoms with van der Waals surface area (Å²) in [6.07, 6.45) is 1.71. The van der Waals surface area contributed by atoms with Crippen LogP contribution in [0.4, 0.5) is 0 Å². The van der Waals surface area contributed by atoms with Crippen LogP contribution in [-0.2, 0) is 0 Å². The Hall–Kier alpha value is -4.38. The van der Waals surface area contributed by atoms with Crippen molar-refractivity contribution in [3.8, 4) is 28.5 Å². The summed E-state index contributed by atoms with van der Waals surface area (Å²) in [6, 6.07) is 28.4. The fourth-order valence-corrected chi connectivity index (χ4v) is 3.87. The van der Waals surface area contributed by atoms with Crippen molar-refractivity contribution in [2.24, 2.45) is 0 Å². The molecule has 0 aliphatic heterocycles. The summed E-state index contributed by atoms with van der Waals surface area (Å²) in [5, 5.41) is 6.15. The van der Waals surface area contributed by atoms with Crippen molar-refractivity contribution in [2.45, 2.75) is 0 Å². The van der Waals surface area contributed by atoms with Crippen LogP contribution >= 0.6 is 0 Å². The maximum atomic E-state index is 12.7. The second-order valence-electron chi connectivity index (χ2n) is 7.27. The van der Waals surface area contributed by atoms with E-state index in [1.54, 1.807) is 18.3 Å². The number of nitrogens with zero attached hydrogens (tertiary/aromatic N) is 2. The van der Waals surface area contributed by atoms with Gasteiger partial charge in [-0.05, 0) is 36.4 Å². The molecule has 0 aliphatic carbocycles. The van der Waals surface area contributed by atoms with Crippen molar-refractivity contribution in [1.29, 1.82) is 0 Å². The first-order chi connectivity index (χ1) is 15.3. The van der Waals surface area contributed by atoms with E-state index in [4.69, 9.17) is 8.83 Å². The number of para-hydroxylation sites is 3. The summed E-state index contributed by atoms with van der Waals surface area (Å²) in [7, 11) is 0. The minimum atomic E-state index is -0.0973. The summed E-state index contributed by atoms with van der Waals surface area (Å²) in [4.78, 5) is 12.7. The fraction of sp³-hybridized carbons (Fsp3) is 0. The quantitative estimate of drug-likeness (QED) is 0.360. The topological polar surface area (TPSA) is 61.2 Å². The standard InChI is InChI=1S/C26H16N2O3/c29-21-15-24(31-23-13-7-5-11-19(21)23)20-16-27-28(18-9-2-1-3-10-18)26(20)25-14-17-8-4-6-12-22(17)30-25/h1-16H. The number of fused-ring (bicyclic) bond motifs is 2. The fourth-order valence-electron chi connectivity index (χ4n) is 3.87. The van der Waals surface area contributed by atoms with Crippen molar-refractivity contribution in [3.63, 3.8) is 0 Å². The number of rotatable bonds is 3. The Labute approximate surface area is 176 Å². The Bertz CT molecular complexity index is 1570. The van der Waals surface area contributed by atoms with Crippen molar-refractivity contribution >= 4 is 21.9 Å². The summed E-state index contributed by atoms with van der Waals surface area (Å²) < 4.78 is 14.1. The van der Waals surface area contributed by atoms with Crippen LogP contribution in [0.3, 0.4) is 0 Å². The molecule has 0 unspecified atom stereocenters. The zero-order chi connectivity index (χ0) is 20.8. The van der Waals surface area contributed by atoms with E-state index < -0.39 is 0 Å². The molecule has 0 saturated heterocycles. The van der Waals surface area contributed by atoms with E-state index in [1.165, 1.54) is 6.07 Å². The van der Waals surface area contributed by atoms with Crippen molar-refractivity contribution in [3.05, 3.63) is 107 Å². The molecule has 3 aromatic heterocycles. The Morgan fingerprint density at radius 1 is 0.710 bits per heavy atom. The maximum Gasteiger partial charge on any atom is 0.193 e. The highest BCUT2D eigenvalue weighted by Gasteiger charge is 2.22. The normalized spacial score (nSPS) is 11.4. The van der Waals surface area contributed by atoms with Crippen molar-refractivity contribution < 1.29 is 8.83 Å². The monoisotopic (exact) mass is 404 g/mol. The molecule has 0 aliphatic rings. The highest BCUT2D eigenvalue weighted by Crippen LogP contribution is 2.37. The molecule has 0 saturated carbocycles. The third kappa shape index (κ3) is 2.87. The van der Waals surface area contributed by atoms with E-state index in [-0.39, 0.29) is 5.43 Å². The van der Waals surface area contributed by atoms with Crippen LogP contribution < -0.4 is 5.43 Å². The van der Waals surface area contributed by atoms with Gasteiger partial charge in [-0.1, -0.05) is 48.5 Å². The second-order valence-corrected chi connectivity index (χ2v) is 7.27. The van der Waals surface area contributed by atoms with Crippen LogP contribution in [0.15, 0.2) is 111 Å². The molecule has 5 heteroatoms. The Morgan fingerprint density at radius 2 is 1.42 bits per heavy atom. The van der Waals surface area contributed by atoms with Gasteiger partial charge >= 0.3 is 0 Å². The van der Waals surface area contributed by atoms with E-state index in [0.29, 0.717) is 28.1 Å². The van der Waals surface area contributed by atoms with Gasteiger partial charge in [0, 0.05) is 11.5 Å². The first-order valence-electron chi connectivity index (χ1n) is 9.93. The lowest BCUT2D eigenvalue weighted by Gasteiger charge is -2.08. The van der Waals surface area contributed by atoms with Crippen LogP contribution in [-0.4, -0.2) is 9.78 Å². The van der Waals surface area contributed by atoms with E-state index in [2.05, 4.69) is 5.10 Å². The molecule has 0 N–H and O–H groups in total. The number of hydrogen-bond acceptors (Lipinski definition) is 4. The van der Waals surface area contributed by atoms with Gasteiger partial charge in [-0.3, -0.25) is 4.79 Å². The Morgan fingerprint density at radius 3 is 2.26 bits per heavy atom. The first-order valence-corrected chi connectivity index (χ1v) is 9.93. The number of aromatic nitrogens is 2. The van der Waals surface area contributed by atoms with Crippen molar-refractivity contribution in [1.82, 2.24) is 9.78 Å². The van der Waals surface area contributed by atoms with Crippen LogP contribution in [0, 0.1) is 0 Å². The number of benzene rings is 3. The lowest BCUT2D eigenvalue weighted by Crippen LogP contribution is -2.01. The molecule has 31 heavy (non-hydrogen) atoms. The molecule has 5 nitrogen and oxygen atoms in total. The molecule has 3 aromatic carbocycles. The molecule has 0 amide bonds. The van der Waals surface area contributed by atoms with Gasteiger partial charge in [0.25, 0.3) is 0 Å². The summed E-state index contributed by atoms with van der Waals surface area (Å²) in [6.45, 7) is 0. The zero-order valence-corrected chi connectivity index (χ0v) is 16.4. The lowest BCUT2D eigenvalue weighted by molar-refractivity contribution is 0.613. The van der Waals surface area contributed by atoms with Crippen LogP contribution in [0.25, 0.3) is 50.4 Å². The predicted octanol–water partition coefficient (Wildman–Crippen LogP) is 6.06. The molecule has 0 atom stereocenters. The van der Waals surface area contributed by atoms with Crippen molar-refractivity contribution in [2.75, 3.05) is 0 Å². The largest absolute Gasteiger partial charge is 0.456 e. The Balaban J connectivity index is 1.65. The van der Waals surface area contributed by atoms with Crippen LogP contribution in [0.5, 0.6) is 0 Å². The number of hydrogen-bond donors (Lipinski definition) is 0. The van der Waals surface area contributed by atoms with Gasteiger partial charge in [-0.15, -0.1) is 0 Å². The second kappa shape index (κ2) is 6.85. The predicted molar refractivity (Wildman–Crippen MR) is 120 cm³/mol. The third-order valence-electron chi connectivity index (χ3n) is 5.33. The number of furan rings is 1. The van der Waals surface area contributed by atoms with Gasteiger partial charge in [-0.2, -0.15) is 5.10 Å². The average molecular weight is 404 g/mol. The van der Waals surface area contributed by atoms with Gasteiger partial charge in [0.15, 0.2) is 11.2 Å². The Kier molecular flexibility index (Phi) is 3.86. The third-order valence-corrected chi connectivity index (χ3v) is 5.33. The smallest absolute Gasteiger partial charge is 0.193 e. The van der Waals surface area contributed by atoms with Gasteiger partial charge in [0.05, 0.1) is 22.8 Å². The van der Waals surface area contributed by atoms with E-state index in [0.717, 1.165) is 22.4 Å². The average Bonchev–Trinajstić information content (AvgIpc) is 3.44.